The van der Waals surface area contributed by atoms with Crippen LogP contribution in [-0.4, -0.2) is 48.4 Å². The van der Waals surface area contributed by atoms with Gasteiger partial charge < -0.3 is 20.3 Å². The average Bonchev–Trinajstić information content (AvgIpc) is 2.64. The second kappa shape index (κ2) is 6.75. The lowest BCUT2D eigenvalue weighted by Gasteiger charge is -2.45. The Bertz CT molecular complexity index is 667. The number of piperidine rings is 1. The number of nitrogens with zero attached hydrogens (tertiary/aromatic N) is 3. The maximum Gasteiger partial charge on any atom is 0.227 e. The number of aromatic nitrogens is 2. The number of anilines is 3. The summed E-state index contributed by atoms with van der Waals surface area (Å²) in [6.07, 6.45) is 3.91. The Hall–Kier alpha value is -2.18. The summed E-state index contributed by atoms with van der Waals surface area (Å²) in [5.41, 5.74) is 0.981. The second-order valence-corrected chi connectivity index (χ2v) is 6.44. The number of rotatable bonds is 3. The third-order valence-electron chi connectivity index (χ3n) is 4.74. The average molecular weight is 325 g/mol. The lowest BCUT2D eigenvalue weighted by atomic mass is 9.90. The molecular weight excluding hydrogens is 302 g/mol. The van der Waals surface area contributed by atoms with Gasteiger partial charge >= 0.3 is 0 Å². The molecule has 24 heavy (non-hydrogen) atoms. The highest BCUT2D eigenvalue weighted by molar-refractivity contribution is 5.56. The summed E-state index contributed by atoms with van der Waals surface area (Å²) in [5, 5.41) is 6.74. The second-order valence-electron chi connectivity index (χ2n) is 6.44. The van der Waals surface area contributed by atoms with Gasteiger partial charge in [-0.05, 0) is 44.1 Å². The summed E-state index contributed by atoms with van der Waals surface area (Å²) in [6.45, 7) is 4.47. The Morgan fingerprint density at radius 2 is 1.96 bits per heavy atom. The Morgan fingerprint density at radius 3 is 2.79 bits per heavy atom. The summed E-state index contributed by atoms with van der Waals surface area (Å²) in [4.78, 5) is 11.4. The monoisotopic (exact) mass is 325 g/mol. The highest BCUT2D eigenvalue weighted by Gasteiger charge is 2.38. The summed E-state index contributed by atoms with van der Waals surface area (Å²) in [6, 6.07) is 12.0. The van der Waals surface area contributed by atoms with Gasteiger partial charge in [0.1, 0.15) is 5.82 Å². The van der Waals surface area contributed by atoms with Crippen LogP contribution in [0.2, 0.25) is 0 Å². The molecule has 6 nitrogen and oxygen atoms in total. The predicted molar refractivity (Wildman–Crippen MR) is 94.8 cm³/mol. The minimum atomic E-state index is -0.0459. The van der Waals surface area contributed by atoms with Gasteiger partial charge in [-0.15, -0.1) is 0 Å². The number of para-hydroxylation sites is 1. The van der Waals surface area contributed by atoms with Crippen molar-refractivity contribution in [3.05, 3.63) is 42.6 Å². The van der Waals surface area contributed by atoms with Crippen molar-refractivity contribution in [2.45, 2.75) is 18.4 Å². The Kier molecular flexibility index (Phi) is 4.32. The van der Waals surface area contributed by atoms with Crippen LogP contribution in [-0.2, 0) is 4.74 Å². The standard InChI is InChI=1S/C18H23N5O/c1-2-4-15(5-3-1)21-16-6-9-20-17(22-16)23-12-13-24-18(14-23)7-10-19-11-8-18/h1-6,9,19H,7-8,10-14H2,(H,20,21,22). The van der Waals surface area contributed by atoms with E-state index in [0.29, 0.717) is 0 Å². The number of nitrogens with one attached hydrogen (secondary N) is 2. The highest BCUT2D eigenvalue weighted by atomic mass is 16.5. The largest absolute Gasteiger partial charge is 0.371 e. The van der Waals surface area contributed by atoms with Gasteiger partial charge in [-0.2, -0.15) is 4.98 Å². The van der Waals surface area contributed by atoms with Crippen molar-refractivity contribution in [2.75, 3.05) is 43.0 Å². The van der Waals surface area contributed by atoms with Gasteiger partial charge in [0.25, 0.3) is 0 Å². The van der Waals surface area contributed by atoms with E-state index in [1.807, 2.05) is 42.6 Å². The van der Waals surface area contributed by atoms with Crippen LogP contribution in [0.5, 0.6) is 0 Å². The summed E-state index contributed by atoms with van der Waals surface area (Å²) in [7, 11) is 0. The van der Waals surface area contributed by atoms with Crippen molar-refractivity contribution in [1.82, 2.24) is 15.3 Å². The lowest BCUT2D eigenvalue weighted by molar-refractivity contribution is -0.0742. The topological polar surface area (TPSA) is 62.3 Å². The van der Waals surface area contributed by atoms with Gasteiger partial charge in [-0.25, -0.2) is 4.98 Å². The fourth-order valence-electron chi connectivity index (χ4n) is 3.44. The number of benzene rings is 1. The molecule has 2 saturated heterocycles. The Morgan fingerprint density at radius 1 is 1.12 bits per heavy atom. The van der Waals surface area contributed by atoms with Crippen LogP contribution < -0.4 is 15.5 Å². The van der Waals surface area contributed by atoms with Crippen molar-refractivity contribution in [3.63, 3.8) is 0 Å². The van der Waals surface area contributed by atoms with Crippen molar-refractivity contribution in [2.24, 2.45) is 0 Å². The molecule has 0 atom stereocenters. The molecule has 2 N–H and O–H groups in total. The number of hydrogen-bond acceptors (Lipinski definition) is 6. The predicted octanol–water partition coefficient (Wildman–Crippen LogP) is 2.18. The molecule has 6 heteroatoms. The van der Waals surface area contributed by atoms with Gasteiger partial charge in [-0.1, -0.05) is 18.2 Å². The molecule has 2 aliphatic rings. The van der Waals surface area contributed by atoms with E-state index in [9.17, 15) is 0 Å². The van der Waals surface area contributed by atoms with Crippen LogP contribution in [0.15, 0.2) is 42.6 Å². The number of hydrogen-bond donors (Lipinski definition) is 2. The molecule has 0 radical (unpaired) electrons. The molecule has 1 spiro atoms. The molecule has 4 rings (SSSR count). The fourth-order valence-corrected chi connectivity index (χ4v) is 3.44. The molecule has 1 aromatic heterocycles. The van der Waals surface area contributed by atoms with E-state index in [-0.39, 0.29) is 5.60 Å². The quantitative estimate of drug-likeness (QED) is 0.902. The minimum Gasteiger partial charge on any atom is -0.371 e. The third kappa shape index (κ3) is 3.34. The fraction of sp³-hybridized carbons (Fsp3) is 0.444. The lowest BCUT2D eigenvalue weighted by Crippen LogP contribution is -2.56. The highest BCUT2D eigenvalue weighted by Crippen LogP contribution is 2.29. The molecule has 3 heterocycles. The maximum atomic E-state index is 6.13. The van der Waals surface area contributed by atoms with E-state index in [2.05, 4.69) is 20.5 Å². The van der Waals surface area contributed by atoms with Crippen LogP contribution in [0.1, 0.15) is 12.8 Å². The smallest absolute Gasteiger partial charge is 0.227 e. The minimum absolute atomic E-state index is 0.0459. The molecule has 2 fully saturated rings. The molecule has 0 aliphatic carbocycles. The molecule has 2 aromatic rings. The molecule has 126 valence electrons. The number of morpholine rings is 1. The normalized spacial score (nSPS) is 20.1. The first-order valence-corrected chi connectivity index (χ1v) is 8.58. The van der Waals surface area contributed by atoms with Crippen LogP contribution in [0, 0.1) is 0 Å². The van der Waals surface area contributed by atoms with Crippen LogP contribution in [0.3, 0.4) is 0 Å². The number of ether oxygens (including phenoxy) is 1. The first-order valence-electron chi connectivity index (χ1n) is 8.58. The molecule has 2 aliphatic heterocycles. The summed E-state index contributed by atoms with van der Waals surface area (Å²) < 4.78 is 6.13. The third-order valence-corrected chi connectivity index (χ3v) is 4.74. The molecule has 0 bridgehead atoms. The molecule has 0 amide bonds. The van der Waals surface area contributed by atoms with Gasteiger partial charge in [0, 0.05) is 18.4 Å². The van der Waals surface area contributed by atoms with Crippen LogP contribution in [0.4, 0.5) is 17.5 Å². The molecule has 1 aromatic carbocycles. The van der Waals surface area contributed by atoms with Crippen molar-refractivity contribution >= 4 is 17.5 Å². The zero-order valence-corrected chi connectivity index (χ0v) is 13.7. The van der Waals surface area contributed by atoms with Gasteiger partial charge in [0.05, 0.1) is 18.8 Å². The maximum absolute atomic E-state index is 6.13. The molecule has 0 unspecified atom stereocenters. The van der Waals surface area contributed by atoms with E-state index in [0.717, 1.165) is 63.1 Å². The van der Waals surface area contributed by atoms with Gasteiger partial charge in [0.2, 0.25) is 5.95 Å². The zero-order chi connectivity index (χ0) is 16.2. The van der Waals surface area contributed by atoms with E-state index >= 15 is 0 Å². The Labute approximate surface area is 142 Å². The summed E-state index contributed by atoms with van der Waals surface area (Å²) >= 11 is 0. The summed E-state index contributed by atoms with van der Waals surface area (Å²) in [5.74, 6) is 1.59. The van der Waals surface area contributed by atoms with Crippen LogP contribution in [0.25, 0.3) is 0 Å². The van der Waals surface area contributed by atoms with Crippen molar-refractivity contribution in [3.8, 4) is 0 Å². The first kappa shape index (κ1) is 15.4. The van der Waals surface area contributed by atoms with Gasteiger partial charge in [-0.3, -0.25) is 0 Å². The van der Waals surface area contributed by atoms with E-state index in [1.165, 1.54) is 0 Å². The van der Waals surface area contributed by atoms with Crippen molar-refractivity contribution in [1.29, 1.82) is 0 Å². The van der Waals surface area contributed by atoms with Crippen LogP contribution >= 0.6 is 0 Å². The SMILES string of the molecule is c1ccc(Nc2ccnc(N3CCOC4(CCNCC4)C3)n2)cc1. The van der Waals surface area contributed by atoms with Gasteiger partial charge in [0.15, 0.2) is 0 Å². The Balaban J connectivity index is 1.50. The van der Waals surface area contributed by atoms with E-state index in [1.54, 1.807) is 0 Å². The zero-order valence-electron chi connectivity index (χ0n) is 13.7. The van der Waals surface area contributed by atoms with E-state index < -0.39 is 0 Å². The first-order chi connectivity index (χ1) is 11.8. The molecule has 0 saturated carbocycles. The van der Waals surface area contributed by atoms with E-state index in [4.69, 9.17) is 9.72 Å². The van der Waals surface area contributed by atoms with Crippen molar-refractivity contribution < 1.29 is 4.74 Å². The molecular formula is C18H23N5O.